The smallest absolute Gasteiger partial charge is 0.272 e. The molecule has 2 aliphatic rings. The lowest BCUT2D eigenvalue weighted by Crippen LogP contribution is -2.55. The molecule has 0 unspecified atom stereocenters. The third-order valence-corrected chi connectivity index (χ3v) is 6.89. The Morgan fingerprint density at radius 1 is 1.18 bits per heavy atom. The van der Waals surface area contributed by atoms with Crippen LogP contribution in [0, 0.1) is 16.7 Å². The standard InChI is InChI=1S/C26H26N4O3/c1-15(2)33-22-8-7-16(9-17(22)14-27)24(31)28-19-12-26(13-19)10-18(11-26)23-20-5-3-4-6-21(20)25(32)30-29-23/h3-9,15,18-19H,10-13H2,1-2H3,(H,28,31)(H,30,32). The highest BCUT2D eigenvalue weighted by Gasteiger charge is 2.54. The van der Waals surface area contributed by atoms with Crippen molar-refractivity contribution < 1.29 is 9.53 Å². The van der Waals surface area contributed by atoms with Crippen LogP contribution in [0.3, 0.4) is 0 Å². The molecule has 7 nitrogen and oxygen atoms in total. The van der Waals surface area contributed by atoms with Crippen molar-refractivity contribution in [3.05, 3.63) is 69.6 Å². The molecule has 7 heteroatoms. The number of H-pyrrole nitrogens is 1. The highest BCUT2D eigenvalue weighted by molar-refractivity contribution is 5.95. The predicted octanol–water partition coefficient (Wildman–Crippen LogP) is 4.04. The second-order valence-electron chi connectivity index (χ2n) is 9.66. The Kier molecular flexibility index (Phi) is 5.16. The summed E-state index contributed by atoms with van der Waals surface area (Å²) < 4.78 is 5.63. The van der Waals surface area contributed by atoms with Gasteiger partial charge in [0.1, 0.15) is 11.8 Å². The Bertz CT molecular complexity index is 1320. The van der Waals surface area contributed by atoms with E-state index in [-0.39, 0.29) is 29.0 Å². The van der Waals surface area contributed by atoms with Gasteiger partial charge in [-0.15, -0.1) is 0 Å². The molecule has 2 saturated carbocycles. The number of rotatable bonds is 5. The van der Waals surface area contributed by atoms with Gasteiger partial charge in [-0.3, -0.25) is 9.59 Å². The molecule has 1 spiro atoms. The molecule has 2 aromatic carbocycles. The van der Waals surface area contributed by atoms with Crippen LogP contribution in [0.15, 0.2) is 47.3 Å². The Hall–Kier alpha value is -3.66. The van der Waals surface area contributed by atoms with E-state index in [9.17, 15) is 14.9 Å². The van der Waals surface area contributed by atoms with Crippen molar-refractivity contribution in [2.24, 2.45) is 5.41 Å². The zero-order chi connectivity index (χ0) is 23.2. The van der Waals surface area contributed by atoms with Crippen molar-refractivity contribution in [3.8, 4) is 11.8 Å². The largest absolute Gasteiger partial charge is 0.490 e. The molecule has 0 radical (unpaired) electrons. The number of hydrogen-bond acceptors (Lipinski definition) is 5. The molecule has 0 bridgehead atoms. The maximum atomic E-state index is 12.7. The predicted molar refractivity (Wildman–Crippen MR) is 124 cm³/mol. The van der Waals surface area contributed by atoms with Crippen molar-refractivity contribution in [2.75, 3.05) is 0 Å². The molecule has 2 aliphatic carbocycles. The molecule has 0 atom stereocenters. The van der Waals surface area contributed by atoms with Crippen molar-refractivity contribution in [2.45, 2.75) is 57.6 Å². The number of aromatic amines is 1. The van der Waals surface area contributed by atoms with Crippen LogP contribution in [0.5, 0.6) is 5.75 Å². The lowest BCUT2D eigenvalue weighted by molar-refractivity contribution is -0.0196. The van der Waals surface area contributed by atoms with Gasteiger partial charge in [-0.05, 0) is 69.2 Å². The SMILES string of the molecule is CC(C)Oc1ccc(C(=O)NC2CC3(C2)CC(c2n[nH]c(=O)c4ccccc24)C3)cc1C#N. The molecule has 1 heterocycles. The van der Waals surface area contributed by atoms with E-state index in [1.165, 1.54) is 0 Å². The van der Waals surface area contributed by atoms with E-state index >= 15 is 0 Å². The number of carbonyl (C=O) groups excluding carboxylic acids is 1. The van der Waals surface area contributed by atoms with Crippen molar-refractivity contribution in [3.63, 3.8) is 0 Å². The maximum Gasteiger partial charge on any atom is 0.272 e. The average Bonchev–Trinajstić information content (AvgIpc) is 2.75. The molecular formula is C26H26N4O3. The van der Waals surface area contributed by atoms with Crippen LogP contribution in [-0.4, -0.2) is 28.3 Å². The summed E-state index contributed by atoms with van der Waals surface area (Å²) in [4.78, 5) is 24.8. The Balaban J connectivity index is 1.20. The number of carbonyl (C=O) groups is 1. The van der Waals surface area contributed by atoms with Crippen LogP contribution in [-0.2, 0) is 0 Å². The number of ether oxygens (including phenoxy) is 1. The van der Waals surface area contributed by atoms with Crippen LogP contribution in [0.1, 0.15) is 67.1 Å². The van der Waals surface area contributed by atoms with Gasteiger partial charge in [-0.1, -0.05) is 18.2 Å². The van der Waals surface area contributed by atoms with Crippen molar-refractivity contribution in [1.29, 1.82) is 5.26 Å². The van der Waals surface area contributed by atoms with E-state index in [1.54, 1.807) is 18.2 Å². The summed E-state index contributed by atoms with van der Waals surface area (Å²) in [5.74, 6) is 0.664. The second-order valence-corrected chi connectivity index (χ2v) is 9.66. The number of aromatic nitrogens is 2. The summed E-state index contributed by atoms with van der Waals surface area (Å²) in [5.41, 5.74) is 1.89. The van der Waals surface area contributed by atoms with Gasteiger partial charge < -0.3 is 10.1 Å². The number of nitriles is 1. The highest BCUT2D eigenvalue weighted by Crippen LogP contribution is 2.62. The number of fused-ring (bicyclic) bond motifs is 1. The minimum absolute atomic E-state index is 0.0430. The number of nitrogens with one attached hydrogen (secondary N) is 2. The molecule has 2 N–H and O–H groups in total. The molecule has 2 fully saturated rings. The van der Waals surface area contributed by atoms with E-state index in [4.69, 9.17) is 4.74 Å². The number of amides is 1. The van der Waals surface area contributed by atoms with Crippen LogP contribution in [0.25, 0.3) is 10.8 Å². The highest BCUT2D eigenvalue weighted by atomic mass is 16.5. The van der Waals surface area contributed by atoms with Gasteiger partial charge in [0.05, 0.1) is 22.7 Å². The van der Waals surface area contributed by atoms with Gasteiger partial charge in [0.25, 0.3) is 11.5 Å². The first-order valence-corrected chi connectivity index (χ1v) is 11.4. The topological polar surface area (TPSA) is 108 Å². The third-order valence-electron chi connectivity index (χ3n) is 6.89. The molecule has 0 aliphatic heterocycles. The fourth-order valence-corrected chi connectivity index (χ4v) is 5.43. The number of nitrogens with zero attached hydrogens (tertiary/aromatic N) is 2. The lowest BCUT2D eigenvalue weighted by Gasteiger charge is -2.57. The van der Waals surface area contributed by atoms with Gasteiger partial charge in [-0.2, -0.15) is 10.4 Å². The lowest BCUT2D eigenvalue weighted by atomic mass is 9.49. The van der Waals surface area contributed by atoms with E-state index in [0.717, 1.165) is 36.8 Å². The fourth-order valence-electron chi connectivity index (χ4n) is 5.43. The average molecular weight is 443 g/mol. The van der Waals surface area contributed by atoms with Crippen molar-refractivity contribution in [1.82, 2.24) is 15.5 Å². The van der Waals surface area contributed by atoms with E-state index in [2.05, 4.69) is 21.6 Å². The molecule has 3 aromatic rings. The molecule has 5 rings (SSSR count). The fraction of sp³-hybridized carbons (Fsp3) is 0.385. The minimum atomic E-state index is -0.161. The van der Waals surface area contributed by atoms with Gasteiger partial charge in [0, 0.05) is 22.9 Å². The molecule has 0 saturated heterocycles. The first kappa shape index (κ1) is 21.2. The normalized spacial score (nSPS) is 23.6. The quantitative estimate of drug-likeness (QED) is 0.620. The Labute approximate surface area is 191 Å². The Morgan fingerprint density at radius 3 is 2.61 bits per heavy atom. The Morgan fingerprint density at radius 2 is 1.91 bits per heavy atom. The van der Waals surface area contributed by atoms with Crippen LogP contribution >= 0.6 is 0 Å². The summed E-state index contributed by atoms with van der Waals surface area (Å²) in [5, 5.41) is 21.1. The first-order chi connectivity index (χ1) is 15.9. The van der Waals surface area contributed by atoms with Gasteiger partial charge in [0.15, 0.2) is 0 Å². The second kappa shape index (κ2) is 8.04. The monoisotopic (exact) mass is 442 g/mol. The molecule has 1 aromatic heterocycles. The van der Waals surface area contributed by atoms with Gasteiger partial charge in [-0.25, -0.2) is 5.10 Å². The third kappa shape index (κ3) is 3.86. The first-order valence-electron chi connectivity index (χ1n) is 11.4. The molecule has 168 valence electrons. The summed E-state index contributed by atoms with van der Waals surface area (Å²) in [6, 6.07) is 14.8. The number of benzene rings is 2. The minimum Gasteiger partial charge on any atom is -0.490 e. The van der Waals surface area contributed by atoms with Gasteiger partial charge in [0.2, 0.25) is 0 Å². The van der Waals surface area contributed by atoms with Crippen LogP contribution in [0.4, 0.5) is 0 Å². The van der Waals surface area contributed by atoms with Gasteiger partial charge >= 0.3 is 0 Å². The van der Waals surface area contributed by atoms with E-state index < -0.39 is 0 Å². The molecule has 1 amide bonds. The van der Waals surface area contributed by atoms with E-state index in [0.29, 0.717) is 28.2 Å². The summed E-state index contributed by atoms with van der Waals surface area (Å²) >= 11 is 0. The van der Waals surface area contributed by atoms with Crippen LogP contribution in [0.2, 0.25) is 0 Å². The summed E-state index contributed by atoms with van der Waals surface area (Å²) in [7, 11) is 0. The van der Waals surface area contributed by atoms with Crippen LogP contribution < -0.4 is 15.6 Å². The summed E-state index contributed by atoms with van der Waals surface area (Å²) in [6.07, 6.45) is 3.87. The van der Waals surface area contributed by atoms with Crippen molar-refractivity contribution >= 4 is 16.7 Å². The summed E-state index contributed by atoms with van der Waals surface area (Å²) in [6.45, 7) is 3.80. The maximum absolute atomic E-state index is 12.7. The molecule has 33 heavy (non-hydrogen) atoms. The zero-order valence-electron chi connectivity index (χ0n) is 18.7. The van der Waals surface area contributed by atoms with E-state index in [1.807, 2.05) is 38.1 Å². The zero-order valence-corrected chi connectivity index (χ0v) is 18.7. The number of hydrogen-bond donors (Lipinski definition) is 2. The molecular weight excluding hydrogens is 416 g/mol.